The van der Waals surface area contributed by atoms with E-state index in [2.05, 4.69) is 5.32 Å². The summed E-state index contributed by atoms with van der Waals surface area (Å²) in [6.07, 6.45) is -0.507. The molecule has 0 bridgehead atoms. The van der Waals surface area contributed by atoms with Crippen LogP contribution in [0.4, 0.5) is 4.79 Å². The molecule has 0 saturated heterocycles. The van der Waals surface area contributed by atoms with E-state index in [4.69, 9.17) is 15.7 Å². The maximum atomic E-state index is 11.7. The summed E-state index contributed by atoms with van der Waals surface area (Å²) in [5.74, 6) is -0.664. The van der Waals surface area contributed by atoms with Gasteiger partial charge in [-0.3, -0.25) is 4.79 Å². The van der Waals surface area contributed by atoms with Crippen molar-refractivity contribution >= 4 is 12.0 Å². The largest absolute Gasteiger partial charge is 0.444 e. The van der Waals surface area contributed by atoms with E-state index < -0.39 is 23.6 Å². The molecule has 6 nitrogen and oxygen atoms in total. The number of nitrogens with one attached hydrogen (secondary N) is 1. The molecule has 0 aliphatic heterocycles. The van der Waals surface area contributed by atoms with Crippen LogP contribution in [0.5, 0.6) is 0 Å². The van der Waals surface area contributed by atoms with E-state index in [1.54, 1.807) is 45.0 Å². The van der Waals surface area contributed by atoms with E-state index >= 15 is 0 Å². The Morgan fingerprint density at radius 2 is 2.10 bits per heavy atom. The topological polar surface area (TPSA) is 105 Å². The number of hydrogen-bond donors (Lipinski definition) is 2. The lowest BCUT2D eigenvalue weighted by Gasteiger charge is -2.22. The third-order valence-electron chi connectivity index (χ3n) is 2.53. The molecule has 0 radical (unpaired) electrons. The second-order valence-corrected chi connectivity index (χ2v) is 5.62. The summed E-state index contributed by atoms with van der Waals surface area (Å²) in [6.45, 7) is 5.17. The van der Waals surface area contributed by atoms with Crippen LogP contribution in [0.2, 0.25) is 0 Å². The van der Waals surface area contributed by atoms with Gasteiger partial charge in [0.1, 0.15) is 11.6 Å². The van der Waals surface area contributed by atoms with Crippen molar-refractivity contribution in [3.8, 4) is 6.07 Å². The lowest BCUT2D eigenvalue weighted by Crippen LogP contribution is -2.47. The molecular weight excluding hydrogens is 270 g/mol. The molecule has 1 rings (SSSR count). The number of nitriles is 1. The number of alkyl carbamates (subject to hydrolysis) is 1. The number of rotatable bonds is 4. The van der Waals surface area contributed by atoms with Crippen molar-refractivity contribution in [2.45, 2.75) is 38.8 Å². The summed E-state index contributed by atoms with van der Waals surface area (Å²) in [6, 6.07) is 7.89. The smallest absolute Gasteiger partial charge is 0.408 e. The summed E-state index contributed by atoms with van der Waals surface area (Å²) in [5, 5.41) is 11.3. The van der Waals surface area contributed by atoms with Gasteiger partial charge in [-0.2, -0.15) is 5.26 Å². The number of hydrogen-bond acceptors (Lipinski definition) is 4. The molecule has 0 fully saturated rings. The second kappa shape index (κ2) is 6.75. The molecule has 2 amide bonds. The van der Waals surface area contributed by atoms with Gasteiger partial charge in [-0.05, 0) is 38.5 Å². The first-order valence-corrected chi connectivity index (χ1v) is 6.49. The molecule has 1 atom stereocenters. The van der Waals surface area contributed by atoms with Crippen molar-refractivity contribution in [2.24, 2.45) is 5.73 Å². The van der Waals surface area contributed by atoms with Gasteiger partial charge in [-0.25, -0.2) is 4.79 Å². The normalized spacial score (nSPS) is 12.1. The van der Waals surface area contributed by atoms with Crippen molar-refractivity contribution in [2.75, 3.05) is 0 Å². The SMILES string of the molecule is CC(C)(C)OC(=O)N[C@@H](Cc1cccc(C#N)c1)C(N)=O. The standard InChI is InChI=1S/C15H19N3O3/c1-15(2,3)21-14(20)18-12(13(17)19)8-10-5-4-6-11(7-10)9-16/h4-7,12H,8H2,1-3H3,(H2,17,19)(H,18,20)/t12-/m0/s1. The fourth-order valence-corrected chi connectivity index (χ4v) is 1.68. The number of primary amides is 1. The minimum Gasteiger partial charge on any atom is -0.444 e. The molecule has 1 aromatic rings. The van der Waals surface area contributed by atoms with Crippen molar-refractivity contribution in [1.29, 1.82) is 5.26 Å². The van der Waals surface area contributed by atoms with E-state index in [-0.39, 0.29) is 6.42 Å². The zero-order valence-electron chi connectivity index (χ0n) is 12.3. The van der Waals surface area contributed by atoms with Crippen LogP contribution in [0.15, 0.2) is 24.3 Å². The quantitative estimate of drug-likeness (QED) is 0.875. The van der Waals surface area contributed by atoms with E-state index in [0.717, 1.165) is 5.56 Å². The predicted molar refractivity (Wildman–Crippen MR) is 77.2 cm³/mol. The minimum absolute atomic E-state index is 0.199. The monoisotopic (exact) mass is 289 g/mol. The molecule has 0 aliphatic carbocycles. The minimum atomic E-state index is -0.895. The lowest BCUT2D eigenvalue weighted by molar-refractivity contribution is -0.120. The molecule has 0 saturated carbocycles. The van der Waals surface area contributed by atoms with Gasteiger partial charge in [0, 0.05) is 6.42 Å². The molecule has 1 aromatic carbocycles. The average Bonchev–Trinajstić information content (AvgIpc) is 2.36. The number of ether oxygens (including phenoxy) is 1. The Kier molecular flexibility index (Phi) is 5.30. The van der Waals surface area contributed by atoms with Crippen LogP contribution in [0.1, 0.15) is 31.9 Å². The number of nitrogens with two attached hydrogens (primary N) is 1. The third kappa shape index (κ3) is 5.95. The summed E-state index contributed by atoms with van der Waals surface area (Å²) >= 11 is 0. The molecule has 6 heteroatoms. The van der Waals surface area contributed by atoms with E-state index in [0.29, 0.717) is 5.56 Å². The summed E-state index contributed by atoms with van der Waals surface area (Å²) in [7, 11) is 0. The summed E-state index contributed by atoms with van der Waals surface area (Å²) in [4.78, 5) is 23.1. The van der Waals surface area contributed by atoms with Crippen LogP contribution in [-0.4, -0.2) is 23.6 Å². The Morgan fingerprint density at radius 3 is 2.62 bits per heavy atom. The van der Waals surface area contributed by atoms with Gasteiger partial charge in [0.05, 0.1) is 11.6 Å². The summed E-state index contributed by atoms with van der Waals surface area (Å²) < 4.78 is 5.09. The average molecular weight is 289 g/mol. The lowest BCUT2D eigenvalue weighted by atomic mass is 10.0. The Labute approximate surface area is 123 Å². The fourth-order valence-electron chi connectivity index (χ4n) is 1.68. The molecule has 21 heavy (non-hydrogen) atoms. The van der Waals surface area contributed by atoms with Gasteiger partial charge >= 0.3 is 6.09 Å². The second-order valence-electron chi connectivity index (χ2n) is 5.62. The number of carbonyl (C=O) groups is 2. The molecule has 112 valence electrons. The highest BCUT2D eigenvalue weighted by Gasteiger charge is 2.23. The number of amides is 2. The first-order chi connectivity index (χ1) is 9.71. The van der Waals surface area contributed by atoms with Gasteiger partial charge in [-0.1, -0.05) is 12.1 Å². The highest BCUT2D eigenvalue weighted by Crippen LogP contribution is 2.09. The van der Waals surface area contributed by atoms with Gasteiger partial charge < -0.3 is 15.8 Å². The van der Waals surface area contributed by atoms with Gasteiger partial charge in [0.2, 0.25) is 5.91 Å². The van der Waals surface area contributed by atoms with Crippen LogP contribution in [0.3, 0.4) is 0 Å². The van der Waals surface area contributed by atoms with Crippen molar-refractivity contribution in [3.63, 3.8) is 0 Å². The van der Waals surface area contributed by atoms with Crippen LogP contribution < -0.4 is 11.1 Å². The van der Waals surface area contributed by atoms with E-state index in [9.17, 15) is 9.59 Å². The Morgan fingerprint density at radius 1 is 1.43 bits per heavy atom. The molecule has 0 spiro atoms. The van der Waals surface area contributed by atoms with Crippen LogP contribution in [0.25, 0.3) is 0 Å². The van der Waals surface area contributed by atoms with E-state index in [1.165, 1.54) is 0 Å². The zero-order chi connectivity index (χ0) is 16.0. The molecule has 3 N–H and O–H groups in total. The first kappa shape index (κ1) is 16.5. The Hall–Kier alpha value is -2.55. The zero-order valence-corrected chi connectivity index (χ0v) is 12.3. The van der Waals surface area contributed by atoms with Crippen LogP contribution in [0, 0.1) is 11.3 Å². The van der Waals surface area contributed by atoms with Gasteiger partial charge in [-0.15, -0.1) is 0 Å². The van der Waals surface area contributed by atoms with Gasteiger partial charge in [0.15, 0.2) is 0 Å². The predicted octanol–water partition coefficient (Wildman–Crippen LogP) is 1.48. The molecule has 0 aliphatic rings. The van der Waals surface area contributed by atoms with Crippen molar-refractivity contribution in [3.05, 3.63) is 35.4 Å². The van der Waals surface area contributed by atoms with Crippen molar-refractivity contribution in [1.82, 2.24) is 5.32 Å². The maximum absolute atomic E-state index is 11.7. The molecule has 0 heterocycles. The molecule has 0 unspecified atom stereocenters. The first-order valence-electron chi connectivity index (χ1n) is 6.49. The summed E-state index contributed by atoms with van der Waals surface area (Å²) in [5.41, 5.74) is 5.84. The Balaban J connectivity index is 2.77. The number of nitrogens with zero attached hydrogens (tertiary/aromatic N) is 1. The van der Waals surface area contributed by atoms with Crippen molar-refractivity contribution < 1.29 is 14.3 Å². The highest BCUT2D eigenvalue weighted by molar-refractivity contribution is 5.84. The van der Waals surface area contributed by atoms with Crippen LogP contribution >= 0.6 is 0 Å². The Bertz CT molecular complexity index is 570. The third-order valence-corrected chi connectivity index (χ3v) is 2.53. The molecular formula is C15H19N3O3. The maximum Gasteiger partial charge on any atom is 0.408 e. The number of benzene rings is 1. The van der Waals surface area contributed by atoms with E-state index in [1.807, 2.05) is 6.07 Å². The highest BCUT2D eigenvalue weighted by atomic mass is 16.6. The number of carbonyl (C=O) groups excluding carboxylic acids is 2. The molecule has 0 aromatic heterocycles. The van der Waals surface area contributed by atoms with Gasteiger partial charge in [0.25, 0.3) is 0 Å². The van der Waals surface area contributed by atoms with Crippen LogP contribution in [-0.2, 0) is 16.0 Å². The fraction of sp³-hybridized carbons (Fsp3) is 0.400.